The average molecular weight is 396 g/mol. The molecule has 0 radical (unpaired) electrons. The van der Waals surface area contributed by atoms with Crippen LogP contribution < -0.4 is 5.32 Å². The molecule has 2 saturated heterocycles. The Hall–Kier alpha value is -0.140. The molecule has 118 valence electrons. The highest BCUT2D eigenvalue weighted by molar-refractivity contribution is 9.10. The topological polar surface area (TPSA) is 49.4 Å². The molecule has 2 bridgehead atoms. The Morgan fingerprint density at radius 2 is 1.90 bits per heavy atom. The van der Waals surface area contributed by atoms with Crippen LogP contribution in [0.5, 0.6) is 0 Å². The van der Waals surface area contributed by atoms with E-state index in [1.807, 2.05) is 13.0 Å². The summed E-state index contributed by atoms with van der Waals surface area (Å²) in [4.78, 5) is 0.391. The molecule has 0 aromatic heterocycles. The molecule has 4 nitrogen and oxygen atoms in total. The zero-order valence-corrected chi connectivity index (χ0v) is 15.1. The van der Waals surface area contributed by atoms with Crippen LogP contribution in [0, 0.1) is 6.92 Å². The highest BCUT2D eigenvalue weighted by atomic mass is 79.9. The van der Waals surface area contributed by atoms with Gasteiger partial charge in [-0.15, -0.1) is 12.4 Å². The van der Waals surface area contributed by atoms with E-state index in [2.05, 4.69) is 21.2 Å². The predicted octanol–water partition coefficient (Wildman–Crippen LogP) is 2.69. The van der Waals surface area contributed by atoms with E-state index >= 15 is 0 Å². The highest BCUT2D eigenvalue weighted by Crippen LogP contribution is 2.27. The number of rotatable bonds is 2. The monoisotopic (exact) mass is 394 g/mol. The van der Waals surface area contributed by atoms with Crippen LogP contribution in [0.1, 0.15) is 24.8 Å². The van der Waals surface area contributed by atoms with Gasteiger partial charge in [0.25, 0.3) is 0 Å². The van der Waals surface area contributed by atoms with Crippen LogP contribution in [0.4, 0.5) is 0 Å². The number of aryl methyl sites for hydroxylation is 1. The first-order valence-corrected chi connectivity index (χ1v) is 9.22. The molecule has 21 heavy (non-hydrogen) atoms. The van der Waals surface area contributed by atoms with Crippen molar-refractivity contribution in [2.45, 2.75) is 43.2 Å². The third kappa shape index (κ3) is 3.62. The molecule has 0 amide bonds. The lowest BCUT2D eigenvalue weighted by Gasteiger charge is -2.24. The van der Waals surface area contributed by atoms with Gasteiger partial charge in [0, 0.05) is 29.6 Å². The van der Waals surface area contributed by atoms with E-state index in [1.54, 1.807) is 16.4 Å². The summed E-state index contributed by atoms with van der Waals surface area (Å²) in [7, 11) is -3.39. The van der Waals surface area contributed by atoms with Gasteiger partial charge in [0.1, 0.15) is 0 Å². The number of sulfonamides is 1. The second kappa shape index (κ2) is 6.54. The first kappa shape index (κ1) is 17.2. The quantitative estimate of drug-likeness (QED) is 0.837. The molecule has 7 heteroatoms. The van der Waals surface area contributed by atoms with Crippen molar-refractivity contribution >= 4 is 38.4 Å². The summed E-state index contributed by atoms with van der Waals surface area (Å²) in [5, 5.41) is 3.51. The summed E-state index contributed by atoms with van der Waals surface area (Å²) in [6.07, 6.45) is 3.16. The molecule has 2 aliphatic heterocycles. The number of hydrogen-bond donors (Lipinski definition) is 1. The third-order valence-electron chi connectivity index (χ3n) is 4.14. The van der Waals surface area contributed by atoms with Gasteiger partial charge in [0.05, 0.1) is 4.90 Å². The van der Waals surface area contributed by atoms with Crippen LogP contribution >= 0.6 is 28.3 Å². The summed E-state index contributed by atoms with van der Waals surface area (Å²) in [6.45, 7) is 3.11. The van der Waals surface area contributed by atoms with Crippen LogP contribution in [-0.2, 0) is 10.0 Å². The summed E-state index contributed by atoms with van der Waals surface area (Å²) < 4.78 is 28.1. The Kier molecular flexibility index (Phi) is 5.36. The van der Waals surface area contributed by atoms with E-state index in [4.69, 9.17) is 0 Å². The van der Waals surface area contributed by atoms with E-state index < -0.39 is 10.0 Å². The van der Waals surface area contributed by atoms with Gasteiger partial charge in [0.15, 0.2) is 0 Å². The van der Waals surface area contributed by atoms with Crippen molar-refractivity contribution < 1.29 is 8.42 Å². The molecule has 1 aromatic rings. The van der Waals surface area contributed by atoms with Crippen LogP contribution in [0.15, 0.2) is 27.6 Å². The maximum absolute atomic E-state index is 12.8. The predicted molar refractivity (Wildman–Crippen MR) is 89.4 cm³/mol. The lowest BCUT2D eigenvalue weighted by molar-refractivity contribution is 0.383. The molecule has 1 N–H and O–H groups in total. The minimum absolute atomic E-state index is 0. The van der Waals surface area contributed by atoms with Gasteiger partial charge in [-0.05, 0) is 49.9 Å². The number of nitrogens with zero attached hydrogens (tertiary/aromatic N) is 1. The van der Waals surface area contributed by atoms with Gasteiger partial charge in [0.2, 0.25) is 10.0 Å². The molecular formula is C14H20BrClN2O2S. The van der Waals surface area contributed by atoms with E-state index in [-0.39, 0.29) is 12.4 Å². The first-order chi connectivity index (χ1) is 9.45. The molecule has 2 unspecified atom stereocenters. The standard InChI is InChI=1S/C14H19BrN2O2S.ClH/c1-10-6-11(15)8-14(7-10)20(18,19)17-5-4-12-2-3-13(9-17)16-12;/h6-8,12-13,16H,2-5,9H2,1H3;1H. The van der Waals surface area contributed by atoms with Crippen LogP contribution in [0.3, 0.4) is 0 Å². The molecule has 2 aliphatic rings. The normalized spacial score (nSPS) is 26.2. The molecule has 2 fully saturated rings. The number of hydrogen-bond acceptors (Lipinski definition) is 3. The largest absolute Gasteiger partial charge is 0.310 e. The Morgan fingerprint density at radius 3 is 2.62 bits per heavy atom. The second-order valence-corrected chi connectivity index (χ2v) is 8.61. The summed E-state index contributed by atoms with van der Waals surface area (Å²) in [5.74, 6) is 0. The van der Waals surface area contributed by atoms with Crippen LogP contribution in [0.25, 0.3) is 0 Å². The smallest absolute Gasteiger partial charge is 0.243 e. The minimum atomic E-state index is -3.39. The maximum atomic E-state index is 12.8. The van der Waals surface area contributed by atoms with E-state index in [0.717, 1.165) is 22.9 Å². The van der Waals surface area contributed by atoms with Crippen molar-refractivity contribution in [1.29, 1.82) is 0 Å². The minimum Gasteiger partial charge on any atom is -0.310 e. The molecule has 1 aromatic carbocycles. The molecule has 0 aliphatic carbocycles. The number of nitrogens with one attached hydrogen (secondary N) is 1. The van der Waals surface area contributed by atoms with Gasteiger partial charge in [-0.1, -0.05) is 15.9 Å². The van der Waals surface area contributed by atoms with Gasteiger partial charge < -0.3 is 5.32 Å². The lowest BCUT2D eigenvalue weighted by atomic mass is 10.1. The van der Waals surface area contributed by atoms with E-state index in [0.29, 0.717) is 30.1 Å². The third-order valence-corrected chi connectivity index (χ3v) is 6.44. The van der Waals surface area contributed by atoms with Gasteiger partial charge in [-0.25, -0.2) is 8.42 Å². The summed E-state index contributed by atoms with van der Waals surface area (Å²) in [6, 6.07) is 6.16. The van der Waals surface area contributed by atoms with Crippen LogP contribution in [0.2, 0.25) is 0 Å². The van der Waals surface area contributed by atoms with E-state index in [1.165, 1.54) is 6.42 Å². The Morgan fingerprint density at radius 1 is 1.19 bits per heavy atom. The fourth-order valence-electron chi connectivity index (χ4n) is 3.13. The average Bonchev–Trinajstić information content (AvgIpc) is 2.67. The summed E-state index contributed by atoms with van der Waals surface area (Å²) in [5.41, 5.74) is 0.951. The molecular weight excluding hydrogens is 376 g/mol. The molecule has 0 saturated carbocycles. The zero-order chi connectivity index (χ0) is 14.3. The van der Waals surface area contributed by atoms with Crippen LogP contribution in [-0.4, -0.2) is 37.9 Å². The SMILES string of the molecule is Cc1cc(Br)cc(S(=O)(=O)N2CCC3CCC(C2)N3)c1.Cl. The van der Waals surface area contributed by atoms with Crippen molar-refractivity contribution in [3.63, 3.8) is 0 Å². The van der Waals surface area contributed by atoms with Crippen molar-refractivity contribution in [2.75, 3.05) is 13.1 Å². The van der Waals surface area contributed by atoms with Gasteiger partial charge >= 0.3 is 0 Å². The first-order valence-electron chi connectivity index (χ1n) is 6.98. The van der Waals surface area contributed by atoms with Gasteiger partial charge in [-0.2, -0.15) is 4.31 Å². The van der Waals surface area contributed by atoms with Crippen molar-refractivity contribution in [2.24, 2.45) is 0 Å². The maximum Gasteiger partial charge on any atom is 0.243 e. The second-order valence-electron chi connectivity index (χ2n) is 5.75. The lowest BCUT2D eigenvalue weighted by Crippen LogP contribution is -2.39. The van der Waals surface area contributed by atoms with Gasteiger partial charge in [-0.3, -0.25) is 0 Å². The fourth-order valence-corrected chi connectivity index (χ4v) is 5.52. The van der Waals surface area contributed by atoms with Crippen molar-refractivity contribution in [3.05, 3.63) is 28.2 Å². The number of halogens is 2. The molecule has 2 atom stereocenters. The molecule has 3 rings (SSSR count). The zero-order valence-electron chi connectivity index (χ0n) is 11.9. The molecule has 2 heterocycles. The Balaban J connectivity index is 0.00000161. The van der Waals surface area contributed by atoms with Crippen molar-refractivity contribution in [1.82, 2.24) is 9.62 Å². The molecule has 0 spiro atoms. The summed E-state index contributed by atoms with van der Waals surface area (Å²) >= 11 is 3.38. The Bertz CT molecular complexity index is 603. The van der Waals surface area contributed by atoms with E-state index in [9.17, 15) is 8.42 Å². The number of fused-ring (bicyclic) bond motifs is 2. The Labute approximate surface area is 140 Å². The fraction of sp³-hybridized carbons (Fsp3) is 0.571. The van der Waals surface area contributed by atoms with Crippen molar-refractivity contribution in [3.8, 4) is 0 Å². The highest BCUT2D eigenvalue weighted by Gasteiger charge is 2.34. The number of benzene rings is 1.